The molecular weight excluding hydrogens is 284 g/mol. The highest BCUT2D eigenvalue weighted by Crippen LogP contribution is 2.19. The number of hydrogen-bond acceptors (Lipinski definition) is 3. The standard InChI is InChI=1S/C11H7BrN4O/c12-7-3-1-6(2-4-7)9-15-8-10(16-9)13-5-14-11(8)17/h1-5H,(H2,13,14,15,16,17). The highest BCUT2D eigenvalue weighted by atomic mass is 79.9. The van der Waals surface area contributed by atoms with Crippen molar-refractivity contribution in [3.8, 4) is 11.4 Å². The van der Waals surface area contributed by atoms with Gasteiger partial charge in [-0.05, 0) is 12.1 Å². The van der Waals surface area contributed by atoms with Crippen LogP contribution in [0.4, 0.5) is 0 Å². The van der Waals surface area contributed by atoms with Crippen LogP contribution < -0.4 is 5.56 Å². The fourth-order valence-corrected chi connectivity index (χ4v) is 1.85. The van der Waals surface area contributed by atoms with E-state index in [1.807, 2.05) is 24.3 Å². The Morgan fingerprint density at radius 1 is 1.18 bits per heavy atom. The Morgan fingerprint density at radius 2 is 1.94 bits per heavy atom. The molecule has 3 rings (SSSR count). The summed E-state index contributed by atoms with van der Waals surface area (Å²) < 4.78 is 0.994. The average Bonchev–Trinajstić information content (AvgIpc) is 2.75. The molecule has 2 heterocycles. The minimum Gasteiger partial charge on any atom is -0.332 e. The van der Waals surface area contributed by atoms with E-state index in [9.17, 15) is 4.79 Å². The van der Waals surface area contributed by atoms with Gasteiger partial charge >= 0.3 is 0 Å². The molecule has 6 heteroatoms. The molecule has 84 valence electrons. The van der Waals surface area contributed by atoms with Gasteiger partial charge in [0.15, 0.2) is 11.2 Å². The van der Waals surface area contributed by atoms with Gasteiger partial charge in [-0.15, -0.1) is 0 Å². The number of hydrogen-bond donors (Lipinski definition) is 2. The summed E-state index contributed by atoms with van der Waals surface area (Å²) in [6, 6.07) is 7.66. The van der Waals surface area contributed by atoms with Crippen LogP contribution in [0.5, 0.6) is 0 Å². The lowest BCUT2D eigenvalue weighted by atomic mass is 10.2. The topological polar surface area (TPSA) is 74.4 Å². The summed E-state index contributed by atoms with van der Waals surface area (Å²) in [4.78, 5) is 25.2. The maximum Gasteiger partial charge on any atom is 0.276 e. The van der Waals surface area contributed by atoms with E-state index >= 15 is 0 Å². The zero-order valence-corrected chi connectivity index (χ0v) is 10.2. The Bertz CT molecular complexity index is 729. The van der Waals surface area contributed by atoms with E-state index in [1.54, 1.807) is 0 Å². The third-order valence-corrected chi connectivity index (χ3v) is 2.94. The first kappa shape index (κ1) is 10.2. The highest BCUT2D eigenvalue weighted by Gasteiger charge is 2.08. The highest BCUT2D eigenvalue weighted by molar-refractivity contribution is 9.10. The molecule has 0 fully saturated rings. The van der Waals surface area contributed by atoms with Crippen LogP contribution in [0.25, 0.3) is 22.6 Å². The van der Waals surface area contributed by atoms with E-state index < -0.39 is 0 Å². The zero-order valence-electron chi connectivity index (χ0n) is 8.57. The summed E-state index contributed by atoms with van der Waals surface area (Å²) in [5.41, 5.74) is 1.51. The van der Waals surface area contributed by atoms with Gasteiger partial charge < -0.3 is 9.97 Å². The Hall–Kier alpha value is -1.95. The minimum absolute atomic E-state index is 0.217. The maximum absolute atomic E-state index is 11.5. The van der Waals surface area contributed by atoms with Gasteiger partial charge in [0, 0.05) is 10.0 Å². The van der Waals surface area contributed by atoms with Crippen molar-refractivity contribution in [1.82, 2.24) is 19.9 Å². The molecule has 0 atom stereocenters. The largest absolute Gasteiger partial charge is 0.332 e. The average molecular weight is 291 g/mol. The van der Waals surface area contributed by atoms with Gasteiger partial charge in [-0.2, -0.15) is 0 Å². The second kappa shape index (κ2) is 3.81. The number of H-pyrrole nitrogens is 2. The smallest absolute Gasteiger partial charge is 0.276 e. The minimum atomic E-state index is -0.217. The number of nitrogens with zero attached hydrogens (tertiary/aromatic N) is 2. The summed E-state index contributed by atoms with van der Waals surface area (Å²) in [5.74, 6) is 0.636. The molecule has 0 radical (unpaired) electrons. The predicted octanol–water partition coefficient (Wildman–Crippen LogP) is 2.08. The Morgan fingerprint density at radius 3 is 2.65 bits per heavy atom. The van der Waals surface area contributed by atoms with E-state index in [0.29, 0.717) is 17.0 Å². The number of nitrogens with one attached hydrogen (secondary N) is 2. The van der Waals surface area contributed by atoms with E-state index in [1.165, 1.54) is 6.33 Å². The van der Waals surface area contributed by atoms with Gasteiger partial charge in [0.2, 0.25) is 0 Å². The van der Waals surface area contributed by atoms with Gasteiger partial charge in [0.25, 0.3) is 5.56 Å². The lowest BCUT2D eigenvalue weighted by Crippen LogP contribution is -2.05. The zero-order chi connectivity index (χ0) is 11.8. The molecule has 2 aromatic heterocycles. The second-order valence-corrected chi connectivity index (χ2v) is 4.44. The van der Waals surface area contributed by atoms with Crippen molar-refractivity contribution >= 4 is 27.1 Å². The van der Waals surface area contributed by atoms with Crippen molar-refractivity contribution in [3.63, 3.8) is 0 Å². The van der Waals surface area contributed by atoms with Gasteiger partial charge in [-0.3, -0.25) is 4.79 Å². The molecule has 0 spiro atoms. The van der Waals surface area contributed by atoms with E-state index in [4.69, 9.17) is 0 Å². The Kier molecular flexibility index (Phi) is 2.29. The summed E-state index contributed by atoms with van der Waals surface area (Å²) >= 11 is 3.37. The summed E-state index contributed by atoms with van der Waals surface area (Å²) in [6.45, 7) is 0. The van der Waals surface area contributed by atoms with Crippen molar-refractivity contribution in [2.24, 2.45) is 0 Å². The second-order valence-electron chi connectivity index (χ2n) is 3.52. The van der Waals surface area contributed by atoms with Crippen molar-refractivity contribution in [3.05, 3.63) is 45.4 Å². The molecule has 0 aliphatic rings. The van der Waals surface area contributed by atoms with Crippen molar-refractivity contribution < 1.29 is 0 Å². The SMILES string of the molecule is O=c1[nH]cnc2nc(-c3ccc(Br)cc3)[nH]c12. The summed E-state index contributed by atoms with van der Waals surface area (Å²) in [7, 11) is 0. The number of halogens is 1. The fraction of sp³-hybridized carbons (Fsp3) is 0. The molecule has 0 aliphatic carbocycles. The first-order valence-corrected chi connectivity index (χ1v) is 5.73. The third-order valence-electron chi connectivity index (χ3n) is 2.41. The molecule has 1 aromatic carbocycles. The van der Waals surface area contributed by atoms with Crippen LogP contribution in [0, 0.1) is 0 Å². The number of benzene rings is 1. The van der Waals surface area contributed by atoms with Gasteiger partial charge in [0.1, 0.15) is 5.82 Å². The lowest BCUT2D eigenvalue weighted by molar-refractivity contribution is 1.15. The summed E-state index contributed by atoms with van der Waals surface area (Å²) in [5, 5.41) is 0. The van der Waals surface area contributed by atoms with E-state index in [0.717, 1.165) is 10.0 Å². The number of aromatic nitrogens is 4. The summed E-state index contributed by atoms with van der Waals surface area (Å²) in [6.07, 6.45) is 1.34. The van der Waals surface area contributed by atoms with Crippen LogP contribution in [-0.2, 0) is 0 Å². The van der Waals surface area contributed by atoms with Gasteiger partial charge in [-0.1, -0.05) is 28.1 Å². The predicted molar refractivity (Wildman–Crippen MR) is 67.6 cm³/mol. The van der Waals surface area contributed by atoms with Gasteiger partial charge in [-0.25, -0.2) is 9.97 Å². The third kappa shape index (κ3) is 1.76. The number of imidazole rings is 1. The first-order valence-electron chi connectivity index (χ1n) is 4.93. The van der Waals surface area contributed by atoms with Crippen LogP contribution in [0.1, 0.15) is 0 Å². The Labute approximate surface area is 104 Å². The van der Waals surface area contributed by atoms with Crippen molar-refractivity contribution in [2.45, 2.75) is 0 Å². The quantitative estimate of drug-likeness (QED) is 0.720. The molecule has 0 amide bonds. The maximum atomic E-state index is 11.5. The monoisotopic (exact) mass is 290 g/mol. The van der Waals surface area contributed by atoms with E-state index in [2.05, 4.69) is 35.9 Å². The first-order chi connectivity index (χ1) is 8.24. The molecule has 0 saturated heterocycles. The van der Waals surface area contributed by atoms with Crippen LogP contribution in [0.2, 0.25) is 0 Å². The van der Waals surface area contributed by atoms with Crippen LogP contribution >= 0.6 is 15.9 Å². The van der Waals surface area contributed by atoms with Gasteiger partial charge in [0.05, 0.1) is 6.33 Å². The molecular formula is C11H7BrN4O. The lowest BCUT2D eigenvalue weighted by Gasteiger charge is -1.95. The number of rotatable bonds is 1. The van der Waals surface area contributed by atoms with Crippen molar-refractivity contribution in [1.29, 1.82) is 0 Å². The van der Waals surface area contributed by atoms with E-state index in [-0.39, 0.29) is 5.56 Å². The molecule has 0 unspecified atom stereocenters. The van der Waals surface area contributed by atoms with Crippen molar-refractivity contribution in [2.75, 3.05) is 0 Å². The number of fused-ring (bicyclic) bond motifs is 1. The molecule has 2 N–H and O–H groups in total. The molecule has 0 bridgehead atoms. The molecule has 0 aliphatic heterocycles. The number of aromatic amines is 2. The Balaban J connectivity index is 2.21. The molecule has 0 saturated carbocycles. The van der Waals surface area contributed by atoms with Crippen LogP contribution in [-0.4, -0.2) is 19.9 Å². The normalized spacial score (nSPS) is 10.9. The molecule has 3 aromatic rings. The molecule has 5 nitrogen and oxygen atoms in total. The fourth-order valence-electron chi connectivity index (χ4n) is 1.58. The van der Waals surface area contributed by atoms with Crippen LogP contribution in [0.15, 0.2) is 39.9 Å². The van der Waals surface area contributed by atoms with Crippen LogP contribution in [0.3, 0.4) is 0 Å². The molecule has 17 heavy (non-hydrogen) atoms.